The summed E-state index contributed by atoms with van der Waals surface area (Å²) >= 11 is 0. The third-order valence-electron chi connectivity index (χ3n) is 5.47. The maximum Gasteiger partial charge on any atom is 0.0706 e. The van der Waals surface area contributed by atoms with Gasteiger partial charge in [0.15, 0.2) is 0 Å². The highest BCUT2D eigenvalue weighted by Crippen LogP contribution is 2.55. The molecule has 0 aromatic rings. The maximum absolute atomic E-state index is 11.1. The van der Waals surface area contributed by atoms with E-state index in [9.17, 15) is 5.11 Å². The minimum absolute atomic E-state index is 0.170. The van der Waals surface area contributed by atoms with Crippen LogP contribution in [-0.2, 0) is 0 Å². The second-order valence-electron chi connectivity index (χ2n) is 6.05. The summed E-state index contributed by atoms with van der Waals surface area (Å²) in [4.78, 5) is 0. The van der Waals surface area contributed by atoms with Gasteiger partial charge in [-0.05, 0) is 43.9 Å². The molecule has 1 fully saturated rings. The molecule has 1 rings (SSSR count). The average Bonchev–Trinajstić information content (AvgIpc) is 2.29. The van der Waals surface area contributed by atoms with E-state index in [1.54, 1.807) is 0 Å². The van der Waals surface area contributed by atoms with Gasteiger partial charge in [-0.2, -0.15) is 0 Å². The van der Waals surface area contributed by atoms with Gasteiger partial charge in [-0.3, -0.25) is 0 Å². The van der Waals surface area contributed by atoms with Crippen LogP contribution in [0.3, 0.4) is 0 Å². The fraction of sp³-hybridized carbons (Fsp3) is 1.00. The Kier molecular flexibility index (Phi) is 4.45. The first-order chi connectivity index (χ1) is 7.45. The van der Waals surface area contributed by atoms with Gasteiger partial charge in [-0.1, -0.05) is 41.0 Å². The van der Waals surface area contributed by atoms with Gasteiger partial charge in [0.2, 0.25) is 0 Å². The molecule has 0 aliphatic heterocycles. The fourth-order valence-corrected chi connectivity index (χ4v) is 4.06. The molecule has 0 aromatic heterocycles. The van der Waals surface area contributed by atoms with Crippen molar-refractivity contribution in [2.24, 2.45) is 17.3 Å². The summed E-state index contributed by atoms with van der Waals surface area (Å²) in [6.07, 6.45) is 6.73. The van der Waals surface area contributed by atoms with Crippen molar-refractivity contribution in [1.82, 2.24) is 0 Å². The Morgan fingerprint density at radius 3 is 2.31 bits per heavy atom. The molecule has 0 saturated heterocycles. The third-order valence-corrected chi connectivity index (χ3v) is 5.47. The molecule has 1 aliphatic carbocycles. The van der Waals surface area contributed by atoms with E-state index in [4.69, 9.17) is 0 Å². The summed E-state index contributed by atoms with van der Waals surface area (Å²) in [6, 6.07) is 0. The lowest BCUT2D eigenvalue weighted by molar-refractivity contribution is -0.158. The van der Waals surface area contributed by atoms with Crippen LogP contribution in [0.15, 0.2) is 0 Å². The van der Waals surface area contributed by atoms with Gasteiger partial charge < -0.3 is 5.11 Å². The van der Waals surface area contributed by atoms with E-state index in [0.717, 1.165) is 19.3 Å². The number of aliphatic hydroxyl groups is 1. The van der Waals surface area contributed by atoms with Gasteiger partial charge >= 0.3 is 0 Å². The molecule has 0 amide bonds. The van der Waals surface area contributed by atoms with Gasteiger partial charge in [0.1, 0.15) is 0 Å². The Balaban J connectivity index is 3.04. The van der Waals surface area contributed by atoms with Gasteiger partial charge in [-0.25, -0.2) is 0 Å². The summed E-state index contributed by atoms with van der Waals surface area (Å²) in [5.41, 5.74) is -0.252. The predicted molar refractivity (Wildman–Crippen MR) is 70.4 cm³/mol. The number of rotatable bonds is 4. The van der Waals surface area contributed by atoms with Crippen molar-refractivity contribution in [1.29, 1.82) is 0 Å². The topological polar surface area (TPSA) is 20.2 Å². The molecule has 1 nitrogen and oxygen atoms in total. The SMILES string of the molecule is CCC(C)C1(CC)CCC(C)CC1(O)CC. The summed E-state index contributed by atoms with van der Waals surface area (Å²) in [5.74, 6) is 1.32. The van der Waals surface area contributed by atoms with Crippen LogP contribution in [0.5, 0.6) is 0 Å². The molecule has 4 atom stereocenters. The zero-order valence-electron chi connectivity index (χ0n) is 11.8. The van der Waals surface area contributed by atoms with Crippen LogP contribution in [0.2, 0.25) is 0 Å². The van der Waals surface area contributed by atoms with Gasteiger partial charge in [0, 0.05) is 5.41 Å². The lowest BCUT2D eigenvalue weighted by Gasteiger charge is -2.55. The van der Waals surface area contributed by atoms with E-state index in [-0.39, 0.29) is 5.41 Å². The molecule has 1 saturated carbocycles. The smallest absolute Gasteiger partial charge is 0.0706 e. The van der Waals surface area contributed by atoms with Crippen molar-refractivity contribution in [2.45, 2.75) is 78.7 Å². The zero-order valence-corrected chi connectivity index (χ0v) is 11.8. The van der Waals surface area contributed by atoms with Gasteiger partial charge in [0.05, 0.1) is 5.60 Å². The zero-order chi connectivity index (χ0) is 12.4. The van der Waals surface area contributed by atoms with Crippen LogP contribution >= 0.6 is 0 Å². The molecule has 16 heavy (non-hydrogen) atoms. The largest absolute Gasteiger partial charge is 0.389 e. The molecule has 4 unspecified atom stereocenters. The molecular formula is C15H30O. The highest BCUT2D eigenvalue weighted by molar-refractivity contribution is 5.03. The first kappa shape index (κ1) is 14.0. The molecule has 96 valence electrons. The molecule has 0 aromatic carbocycles. The van der Waals surface area contributed by atoms with Crippen LogP contribution < -0.4 is 0 Å². The Morgan fingerprint density at radius 1 is 1.25 bits per heavy atom. The van der Waals surface area contributed by atoms with E-state index in [1.165, 1.54) is 19.3 Å². The van der Waals surface area contributed by atoms with E-state index in [1.807, 2.05) is 0 Å². The number of hydrogen-bond acceptors (Lipinski definition) is 1. The summed E-state index contributed by atoms with van der Waals surface area (Å²) in [7, 11) is 0. The molecule has 1 aliphatic rings. The van der Waals surface area contributed by atoms with E-state index in [0.29, 0.717) is 11.8 Å². The second kappa shape index (κ2) is 5.08. The summed E-state index contributed by atoms with van der Waals surface area (Å²) < 4.78 is 0. The lowest BCUT2D eigenvalue weighted by Crippen LogP contribution is -2.55. The minimum Gasteiger partial charge on any atom is -0.389 e. The molecule has 0 heterocycles. The predicted octanol–water partition coefficient (Wildman–Crippen LogP) is 4.39. The van der Waals surface area contributed by atoms with Crippen molar-refractivity contribution in [3.05, 3.63) is 0 Å². The molecule has 1 heteroatoms. The fourth-order valence-electron chi connectivity index (χ4n) is 4.06. The lowest BCUT2D eigenvalue weighted by atomic mass is 9.53. The number of hydrogen-bond donors (Lipinski definition) is 1. The third kappa shape index (κ3) is 2.03. The maximum atomic E-state index is 11.1. The van der Waals surface area contributed by atoms with Gasteiger partial charge in [-0.15, -0.1) is 0 Å². The van der Waals surface area contributed by atoms with Crippen LogP contribution in [0.25, 0.3) is 0 Å². The summed E-state index contributed by atoms with van der Waals surface area (Å²) in [5, 5.41) is 11.1. The molecular weight excluding hydrogens is 196 g/mol. The van der Waals surface area contributed by atoms with E-state index < -0.39 is 5.60 Å². The minimum atomic E-state index is -0.422. The molecule has 0 spiro atoms. The highest BCUT2D eigenvalue weighted by Gasteiger charge is 2.53. The van der Waals surface area contributed by atoms with Crippen molar-refractivity contribution >= 4 is 0 Å². The van der Waals surface area contributed by atoms with Gasteiger partial charge in [0.25, 0.3) is 0 Å². The summed E-state index contributed by atoms with van der Waals surface area (Å²) in [6.45, 7) is 11.3. The average molecular weight is 226 g/mol. The standard InChI is InChI=1S/C15H30O/c1-6-13(5)14(7-2)10-9-12(4)11-15(14,16)8-3/h12-13,16H,6-11H2,1-5H3. The Hall–Kier alpha value is -0.0400. The second-order valence-corrected chi connectivity index (χ2v) is 6.05. The van der Waals surface area contributed by atoms with Crippen molar-refractivity contribution in [3.8, 4) is 0 Å². The van der Waals surface area contributed by atoms with Crippen LogP contribution in [0, 0.1) is 17.3 Å². The highest BCUT2D eigenvalue weighted by atomic mass is 16.3. The first-order valence-electron chi connectivity index (χ1n) is 7.18. The van der Waals surface area contributed by atoms with Crippen molar-refractivity contribution in [3.63, 3.8) is 0 Å². The normalized spacial score (nSPS) is 42.0. The Morgan fingerprint density at radius 2 is 1.88 bits per heavy atom. The molecule has 0 bridgehead atoms. The Labute approximate surface area is 102 Å². The van der Waals surface area contributed by atoms with Crippen LogP contribution in [0.1, 0.15) is 73.1 Å². The molecule has 0 radical (unpaired) electrons. The first-order valence-corrected chi connectivity index (χ1v) is 7.18. The quantitative estimate of drug-likeness (QED) is 0.753. The van der Waals surface area contributed by atoms with Crippen molar-refractivity contribution in [2.75, 3.05) is 0 Å². The van der Waals surface area contributed by atoms with E-state index in [2.05, 4.69) is 34.6 Å². The van der Waals surface area contributed by atoms with Crippen LogP contribution in [0.4, 0.5) is 0 Å². The van der Waals surface area contributed by atoms with E-state index >= 15 is 0 Å². The Bertz CT molecular complexity index is 225. The molecule has 1 N–H and O–H groups in total. The van der Waals surface area contributed by atoms with Crippen molar-refractivity contribution < 1.29 is 5.11 Å². The van der Waals surface area contributed by atoms with Crippen LogP contribution in [-0.4, -0.2) is 10.7 Å². The monoisotopic (exact) mass is 226 g/mol.